The van der Waals surface area contributed by atoms with Crippen molar-refractivity contribution >= 4 is 17.6 Å². The van der Waals surface area contributed by atoms with Gasteiger partial charge in [0.2, 0.25) is 5.91 Å². The second-order valence-electron chi connectivity index (χ2n) is 3.57. The third kappa shape index (κ3) is 5.13. The Balaban J connectivity index is 2.37. The van der Waals surface area contributed by atoms with Crippen molar-refractivity contribution in [3.8, 4) is 0 Å². The highest BCUT2D eigenvalue weighted by Gasteiger charge is 2.07. The zero-order valence-corrected chi connectivity index (χ0v) is 10.00. The maximum Gasteiger partial charge on any atom is 0.325 e. The summed E-state index contributed by atoms with van der Waals surface area (Å²) < 4.78 is 4.86. The standard InChI is InChI=1S/C11H13N3O5/c12-5-10(15)13-6-11(16)19-7-8-1-3-9(4-2-8)14(17)18/h1-4H,5-7,12H2,(H,13,15). The number of amides is 1. The van der Waals surface area contributed by atoms with E-state index in [1.807, 2.05) is 0 Å². The molecular weight excluding hydrogens is 254 g/mol. The van der Waals surface area contributed by atoms with Crippen LogP contribution in [0.4, 0.5) is 5.69 Å². The number of nitro benzene ring substituents is 1. The van der Waals surface area contributed by atoms with E-state index in [1.54, 1.807) is 0 Å². The van der Waals surface area contributed by atoms with Crippen molar-refractivity contribution in [3.63, 3.8) is 0 Å². The molecule has 0 saturated carbocycles. The van der Waals surface area contributed by atoms with Gasteiger partial charge in [-0.2, -0.15) is 0 Å². The van der Waals surface area contributed by atoms with Gasteiger partial charge in [-0.1, -0.05) is 0 Å². The van der Waals surface area contributed by atoms with Crippen molar-refractivity contribution in [3.05, 3.63) is 39.9 Å². The summed E-state index contributed by atoms with van der Waals surface area (Å²) in [6.45, 7) is -0.478. The van der Waals surface area contributed by atoms with Crippen LogP contribution in [0.2, 0.25) is 0 Å². The minimum absolute atomic E-state index is 0.0185. The molecule has 3 N–H and O–H groups in total. The predicted octanol–water partition coefficient (Wildman–Crippen LogP) is -0.287. The van der Waals surface area contributed by atoms with Gasteiger partial charge in [-0.15, -0.1) is 0 Å². The highest BCUT2D eigenvalue weighted by atomic mass is 16.6. The first-order valence-corrected chi connectivity index (χ1v) is 5.38. The summed E-state index contributed by atoms with van der Waals surface area (Å²) in [5.41, 5.74) is 5.62. The number of benzene rings is 1. The first kappa shape index (κ1) is 14.6. The third-order valence-electron chi connectivity index (χ3n) is 2.16. The van der Waals surface area contributed by atoms with Crippen molar-refractivity contribution in [1.82, 2.24) is 5.32 Å². The number of carbonyl (C=O) groups is 2. The lowest BCUT2D eigenvalue weighted by Gasteiger charge is -2.05. The van der Waals surface area contributed by atoms with Gasteiger partial charge < -0.3 is 15.8 Å². The Labute approximate surface area is 108 Å². The fraction of sp³-hybridized carbons (Fsp3) is 0.273. The number of hydrogen-bond donors (Lipinski definition) is 2. The van der Waals surface area contributed by atoms with Gasteiger partial charge in [0.05, 0.1) is 11.5 Å². The monoisotopic (exact) mass is 267 g/mol. The molecule has 0 saturated heterocycles. The van der Waals surface area contributed by atoms with Gasteiger partial charge >= 0.3 is 5.97 Å². The summed E-state index contributed by atoms with van der Waals surface area (Å²) in [5.74, 6) is -1.06. The van der Waals surface area contributed by atoms with Crippen molar-refractivity contribution in [2.24, 2.45) is 5.73 Å². The van der Waals surface area contributed by atoms with Crippen LogP contribution in [-0.4, -0.2) is 29.9 Å². The largest absolute Gasteiger partial charge is 0.460 e. The van der Waals surface area contributed by atoms with Gasteiger partial charge in [-0.3, -0.25) is 19.7 Å². The number of nitrogens with zero attached hydrogens (tertiary/aromatic N) is 1. The van der Waals surface area contributed by atoms with Crippen molar-refractivity contribution in [2.75, 3.05) is 13.1 Å². The van der Waals surface area contributed by atoms with E-state index in [4.69, 9.17) is 10.5 Å². The summed E-state index contributed by atoms with van der Waals surface area (Å²) in [5, 5.41) is 12.7. The van der Waals surface area contributed by atoms with Crippen LogP contribution in [0, 0.1) is 10.1 Å². The molecule has 8 heteroatoms. The Morgan fingerprint density at radius 3 is 2.47 bits per heavy atom. The lowest BCUT2D eigenvalue weighted by Crippen LogP contribution is -2.34. The molecule has 0 aliphatic carbocycles. The SMILES string of the molecule is NCC(=O)NCC(=O)OCc1ccc([N+](=O)[O-])cc1. The topological polar surface area (TPSA) is 125 Å². The van der Waals surface area contributed by atoms with E-state index >= 15 is 0 Å². The molecule has 19 heavy (non-hydrogen) atoms. The molecule has 1 rings (SSSR count). The predicted molar refractivity (Wildman–Crippen MR) is 65.0 cm³/mol. The van der Waals surface area contributed by atoms with Crippen LogP contribution in [0.1, 0.15) is 5.56 Å². The maximum atomic E-state index is 11.2. The molecule has 1 aromatic rings. The first-order chi connectivity index (χ1) is 9.02. The number of hydrogen-bond acceptors (Lipinski definition) is 6. The second-order valence-corrected chi connectivity index (χ2v) is 3.57. The van der Waals surface area contributed by atoms with Crippen molar-refractivity contribution < 1.29 is 19.2 Å². The highest BCUT2D eigenvalue weighted by Crippen LogP contribution is 2.12. The average Bonchev–Trinajstić information content (AvgIpc) is 2.42. The van der Waals surface area contributed by atoms with E-state index < -0.39 is 16.8 Å². The molecule has 1 amide bonds. The van der Waals surface area contributed by atoms with Crippen LogP contribution in [0.25, 0.3) is 0 Å². The second kappa shape index (κ2) is 7.07. The highest BCUT2D eigenvalue weighted by molar-refractivity contribution is 5.82. The number of rotatable bonds is 6. The molecule has 0 bridgehead atoms. The zero-order chi connectivity index (χ0) is 14.3. The Kier molecular flexibility index (Phi) is 5.42. The summed E-state index contributed by atoms with van der Waals surface area (Å²) >= 11 is 0. The van der Waals surface area contributed by atoms with Crippen LogP contribution in [0.3, 0.4) is 0 Å². The Bertz CT molecular complexity index is 472. The molecule has 0 aliphatic heterocycles. The smallest absolute Gasteiger partial charge is 0.325 e. The Hall–Kier alpha value is -2.48. The van der Waals surface area contributed by atoms with E-state index in [0.29, 0.717) is 5.56 Å². The normalized spacial score (nSPS) is 9.74. The molecule has 0 heterocycles. The minimum atomic E-state index is -0.611. The van der Waals surface area contributed by atoms with E-state index in [0.717, 1.165) is 0 Å². The lowest BCUT2D eigenvalue weighted by atomic mass is 10.2. The molecule has 0 atom stereocenters. The average molecular weight is 267 g/mol. The molecule has 0 spiro atoms. The zero-order valence-electron chi connectivity index (χ0n) is 10.00. The Morgan fingerprint density at radius 2 is 1.95 bits per heavy atom. The van der Waals surface area contributed by atoms with Gasteiger partial charge in [0.25, 0.3) is 5.69 Å². The van der Waals surface area contributed by atoms with E-state index in [2.05, 4.69) is 5.32 Å². The molecule has 8 nitrogen and oxygen atoms in total. The van der Waals surface area contributed by atoms with Crippen LogP contribution in [-0.2, 0) is 20.9 Å². The van der Waals surface area contributed by atoms with E-state index in [-0.39, 0.29) is 25.4 Å². The van der Waals surface area contributed by atoms with E-state index in [9.17, 15) is 19.7 Å². The molecule has 1 aromatic carbocycles. The van der Waals surface area contributed by atoms with Crippen LogP contribution in [0.5, 0.6) is 0 Å². The molecule has 0 radical (unpaired) electrons. The number of nitrogens with two attached hydrogens (primary N) is 1. The van der Waals surface area contributed by atoms with Crippen LogP contribution in [0.15, 0.2) is 24.3 Å². The number of carbonyl (C=O) groups excluding carboxylic acids is 2. The molecule has 0 aromatic heterocycles. The minimum Gasteiger partial charge on any atom is -0.460 e. The number of non-ortho nitro benzene ring substituents is 1. The summed E-state index contributed by atoms with van der Waals surface area (Å²) in [7, 11) is 0. The fourth-order valence-electron chi connectivity index (χ4n) is 1.17. The van der Waals surface area contributed by atoms with Gasteiger partial charge in [0, 0.05) is 12.1 Å². The van der Waals surface area contributed by atoms with Gasteiger partial charge in [0.15, 0.2) is 0 Å². The number of ether oxygens (including phenoxy) is 1. The number of esters is 1. The molecule has 0 unspecified atom stereocenters. The summed E-state index contributed by atoms with van der Waals surface area (Å²) in [6, 6.07) is 5.62. The number of nitrogens with one attached hydrogen (secondary N) is 1. The first-order valence-electron chi connectivity index (χ1n) is 5.38. The van der Waals surface area contributed by atoms with E-state index in [1.165, 1.54) is 24.3 Å². The van der Waals surface area contributed by atoms with Crippen LogP contribution >= 0.6 is 0 Å². The molecule has 0 fully saturated rings. The third-order valence-corrected chi connectivity index (χ3v) is 2.16. The van der Waals surface area contributed by atoms with Gasteiger partial charge in [-0.25, -0.2) is 0 Å². The Morgan fingerprint density at radius 1 is 1.32 bits per heavy atom. The van der Waals surface area contributed by atoms with Crippen molar-refractivity contribution in [2.45, 2.75) is 6.61 Å². The maximum absolute atomic E-state index is 11.2. The van der Waals surface area contributed by atoms with Crippen molar-refractivity contribution in [1.29, 1.82) is 0 Å². The molecule has 0 aliphatic rings. The quantitative estimate of drug-likeness (QED) is 0.414. The molecular formula is C11H13N3O5. The number of nitro groups is 1. The van der Waals surface area contributed by atoms with Gasteiger partial charge in [-0.05, 0) is 17.7 Å². The van der Waals surface area contributed by atoms with Gasteiger partial charge in [0.1, 0.15) is 13.2 Å². The molecule has 102 valence electrons. The summed E-state index contributed by atoms with van der Waals surface area (Å²) in [6.07, 6.45) is 0. The lowest BCUT2D eigenvalue weighted by molar-refractivity contribution is -0.384. The summed E-state index contributed by atoms with van der Waals surface area (Å²) in [4.78, 5) is 31.9. The van der Waals surface area contributed by atoms with Crippen LogP contribution < -0.4 is 11.1 Å². The fourth-order valence-corrected chi connectivity index (χ4v) is 1.17.